The van der Waals surface area contributed by atoms with Crippen LogP contribution in [0.2, 0.25) is 5.02 Å². The number of nitrogens with zero attached hydrogens (tertiary/aromatic N) is 2. The predicted octanol–water partition coefficient (Wildman–Crippen LogP) is 3.95. The van der Waals surface area contributed by atoms with Crippen molar-refractivity contribution in [1.29, 1.82) is 0 Å². The summed E-state index contributed by atoms with van der Waals surface area (Å²) in [5.41, 5.74) is 0.675. The van der Waals surface area contributed by atoms with Crippen LogP contribution in [0, 0.1) is 17.7 Å². The first-order valence-corrected chi connectivity index (χ1v) is 9.36. The van der Waals surface area contributed by atoms with E-state index in [4.69, 9.17) is 11.6 Å². The Hall–Kier alpha value is -1.13. The molecule has 2 heterocycles. The Labute approximate surface area is 148 Å². The first-order valence-electron chi connectivity index (χ1n) is 8.98. The van der Waals surface area contributed by atoms with Crippen molar-refractivity contribution in [3.8, 4) is 0 Å². The summed E-state index contributed by atoms with van der Waals surface area (Å²) in [7, 11) is 0. The summed E-state index contributed by atoms with van der Waals surface area (Å²) in [6.07, 6.45) is 4.11. The Kier molecular flexibility index (Phi) is 5.77. The van der Waals surface area contributed by atoms with Crippen LogP contribution < -0.4 is 0 Å². The molecule has 3 nitrogen and oxygen atoms in total. The summed E-state index contributed by atoms with van der Waals surface area (Å²) in [5, 5.41) is 0.427. The van der Waals surface area contributed by atoms with Crippen molar-refractivity contribution in [3.63, 3.8) is 0 Å². The largest absolute Gasteiger partial charge is 0.342 e. The molecule has 1 aromatic carbocycles. The fraction of sp³-hybridized carbons (Fsp3) is 0.632. The highest BCUT2D eigenvalue weighted by atomic mass is 35.5. The van der Waals surface area contributed by atoms with E-state index in [0.717, 1.165) is 45.4 Å². The highest BCUT2D eigenvalue weighted by Gasteiger charge is 2.30. The summed E-state index contributed by atoms with van der Waals surface area (Å²) in [5.74, 6) is 0.846. The van der Waals surface area contributed by atoms with Crippen molar-refractivity contribution in [2.24, 2.45) is 11.8 Å². The number of carbonyl (C=O) groups excluding carboxylic acids is 1. The number of carbonyl (C=O) groups is 1. The zero-order valence-corrected chi connectivity index (χ0v) is 15.1. The lowest BCUT2D eigenvalue weighted by Gasteiger charge is -2.37. The monoisotopic (exact) mass is 352 g/mol. The molecule has 1 amide bonds. The molecule has 2 aliphatic rings. The summed E-state index contributed by atoms with van der Waals surface area (Å²) in [4.78, 5) is 17.0. The van der Waals surface area contributed by atoms with Gasteiger partial charge in [-0.1, -0.05) is 24.6 Å². The maximum Gasteiger partial charge on any atom is 0.225 e. The first kappa shape index (κ1) is 17.7. The van der Waals surface area contributed by atoms with E-state index in [1.54, 1.807) is 12.1 Å². The molecule has 0 unspecified atom stereocenters. The third-order valence-electron chi connectivity index (χ3n) is 5.31. The lowest BCUT2D eigenvalue weighted by atomic mass is 9.92. The van der Waals surface area contributed by atoms with Gasteiger partial charge in [-0.05, 0) is 56.8 Å². The minimum absolute atomic E-state index is 0.140. The highest BCUT2D eigenvalue weighted by Crippen LogP contribution is 2.25. The van der Waals surface area contributed by atoms with E-state index in [2.05, 4.69) is 16.7 Å². The van der Waals surface area contributed by atoms with E-state index < -0.39 is 0 Å². The number of rotatable bonds is 3. The Bertz CT molecular complexity index is 587. The molecule has 0 radical (unpaired) electrons. The van der Waals surface area contributed by atoms with Gasteiger partial charge in [-0.2, -0.15) is 0 Å². The van der Waals surface area contributed by atoms with Crippen molar-refractivity contribution in [1.82, 2.24) is 9.80 Å². The Morgan fingerprint density at radius 2 is 2.00 bits per heavy atom. The molecule has 1 aromatic rings. The maximum atomic E-state index is 13.9. The molecule has 5 heteroatoms. The third kappa shape index (κ3) is 4.28. The fourth-order valence-electron chi connectivity index (χ4n) is 3.88. The molecule has 0 bridgehead atoms. The van der Waals surface area contributed by atoms with Gasteiger partial charge in [0.2, 0.25) is 5.91 Å². The lowest BCUT2D eigenvalue weighted by molar-refractivity contribution is -0.138. The van der Waals surface area contributed by atoms with Crippen LogP contribution in [0.25, 0.3) is 0 Å². The van der Waals surface area contributed by atoms with Gasteiger partial charge < -0.3 is 4.90 Å². The predicted molar refractivity (Wildman–Crippen MR) is 94.4 cm³/mol. The second kappa shape index (κ2) is 7.83. The summed E-state index contributed by atoms with van der Waals surface area (Å²) < 4.78 is 13.9. The molecule has 0 spiro atoms. The summed E-state index contributed by atoms with van der Waals surface area (Å²) in [6.45, 7) is 6.34. The zero-order chi connectivity index (χ0) is 17.1. The van der Waals surface area contributed by atoms with Gasteiger partial charge in [0, 0.05) is 36.1 Å². The molecule has 132 valence electrons. The van der Waals surface area contributed by atoms with Crippen LogP contribution in [-0.4, -0.2) is 41.9 Å². The highest BCUT2D eigenvalue weighted by molar-refractivity contribution is 6.30. The van der Waals surface area contributed by atoms with E-state index in [0.29, 0.717) is 29.0 Å². The zero-order valence-electron chi connectivity index (χ0n) is 14.3. The van der Waals surface area contributed by atoms with Gasteiger partial charge in [0.25, 0.3) is 0 Å². The Morgan fingerprint density at radius 3 is 2.67 bits per heavy atom. The van der Waals surface area contributed by atoms with E-state index in [9.17, 15) is 9.18 Å². The van der Waals surface area contributed by atoms with Crippen LogP contribution in [0.3, 0.4) is 0 Å². The number of amides is 1. The average molecular weight is 353 g/mol. The summed E-state index contributed by atoms with van der Waals surface area (Å²) in [6, 6.07) is 4.85. The van der Waals surface area contributed by atoms with Crippen LogP contribution >= 0.6 is 11.6 Å². The number of benzene rings is 1. The second-order valence-corrected chi connectivity index (χ2v) is 7.75. The standard InChI is InChI=1S/C19H26ClFN2O/c1-14-3-2-8-23(12-14)19(24)15-6-9-22(10-7-15)13-16-4-5-17(20)11-18(16)21/h4-5,11,14-15H,2-3,6-10,12-13H2,1H3/t14-/m0/s1. The van der Waals surface area contributed by atoms with Crippen molar-refractivity contribution in [2.75, 3.05) is 26.2 Å². The maximum absolute atomic E-state index is 13.9. The third-order valence-corrected chi connectivity index (χ3v) is 5.55. The van der Waals surface area contributed by atoms with Crippen molar-refractivity contribution in [3.05, 3.63) is 34.6 Å². The van der Waals surface area contributed by atoms with Crippen molar-refractivity contribution in [2.45, 2.75) is 39.2 Å². The van der Waals surface area contributed by atoms with E-state index in [-0.39, 0.29) is 11.7 Å². The Morgan fingerprint density at radius 1 is 1.25 bits per heavy atom. The number of hydrogen-bond donors (Lipinski definition) is 0. The van der Waals surface area contributed by atoms with Gasteiger partial charge in [-0.15, -0.1) is 0 Å². The van der Waals surface area contributed by atoms with Crippen LogP contribution in [0.15, 0.2) is 18.2 Å². The van der Waals surface area contributed by atoms with Gasteiger partial charge in [0.1, 0.15) is 5.82 Å². The van der Waals surface area contributed by atoms with Gasteiger partial charge in [0.05, 0.1) is 0 Å². The first-order chi connectivity index (χ1) is 11.5. The molecular formula is C19H26ClFN2O. The number of piperidine rings is 2. The SMILES string of the molecule is C[C@H]1CCCN(C(=O)C2CCN(Cc3ccc(Cl)cc3F)CC2)C1. The minimum Gasteiger partial charge on any atom is -0.342 e. The smallest absolute Gasteiger partial charge is 0.225 e. The second-order valence-electron chi connectivity index (χ2n) is 7.32. The minimum atomic E-state index is -0.247. The summed E-state index contributed by atoms with van der Waals surface area (Å²) >= 11 is 5.80. The molecule has 1 atom stereocenters. The molecule has 0 saturated carbocycles. The number of hydrogen-bond acceptors (Lipinski definition) is 2. The van der Waals surface area contributed by atoms with Crippen molar-refractivity contribution >= 4 is 17.5 Å². The van der Waals surface area contributed by atoms with Gasteiger partial charge >= 0.3 is 0 Å². The molecular weight excluding hydrogens is 327 g/mol. The van der Waals surface area contributed by atoms with Gasteiger partial charge in [-0.3, -0.25) is 9.69 Å². The van der Waals surface area contributed by atoms with Crippen molar-refractivity contribution < 1.29 is 9.18 Å². The molecule has 2 aliphatic heterocycles. The van der Waals surface area contributed by atoms with Crippen LogP contribution in [-0.2, 0) is 11.3 Å². The molecule has 3 rings (SSSR count). The Balaban J connectivity index is 1.51. The number of halogens is 2. The lowest BCUT2D eigenvalue weighted by Crippen LogP contribution is -2.45. The average Bonchev–Trinajstić information content (AvgIpc) is 2.57. The van der Waals surface area contributed by atoms with Crippen LogP contribution in [0.5, 0.6) is 0 Å². The topological polar surface area (TPSA) is 23.6 Å². The molecule has 24 heavy (non-hydrogen) atoms. The fourth-order valence-corrected chi connectivity index (χ4v) is 4.04. The van der Waals surface area contributed by atoms with E-state index in [1.807, 2.05) is 0 Å². The normalized spacial score (nSPS) is 23.5. The molecule has 0 aromatic heterocycles. The number of likely N-dealkylation sites (tertiary alicyclic amines) is 2. The molecule has 2 saturated heterocycles. The van der Waals surface area contributed by atoms with Crippen LogP contribution in [0.4, 0.5) is 4.39 Å². The van der Waals surface area contributed by atoms with Gasteiger partial charge in [0.15, 0.2) is 0 Å². The van der Waals surface area contributed by atoms with Crippen LogP contribution in [0.1, 0.15) is 38.2 Å². The van der Waals surface area contributed by atoms with E-state index >= 15 is 0 Å². The molecule has 0 aliphatic carbocycles. The quantitative estimate of drug-likeness (QED) is 0.822. The van der Waals surface area contributed by atoms with Gasteiger partial charge in [-0.25, -0.2) is 4.39 Å². The molecule has 2 fully saturated rings. The molecule has 0 N–H and O–H groups in total. The van der Waals surface area contributed by atoms with E-state index in [1.165, 1.54) is 12.5 Å².